The number of benzene rings is 1. The zero-order valence-corrected chi connectivity index (χ0v) is 17.3. The lowest BCUT2D eigenvalue weighted by Crippen LogP contribution is -2.18. The first-order chi connectivity index (χ1) is 12.4. The van der Waals surface area contributed by atoms with Crippen molar-refractivity contribution in [3.63, 3.8) is 0 Å². The van der Waals surface area contributed by atoms with E-state index in [0.29, 0.717) is 5.92 Å². The third-order valence-electron chi connectivity index (χ3n) is 6.19. The summed E-state index contributed by atoms with van der Waals surface area (Å²) in [5, 5.41) is 0. The van der Waals surface area contributed by atoms with Crippen molar-refractivity contribution in [3.8, 4) is 5.75 Å². The molecule has 0 aromatic heterocycles. The lowest BCUT2D eigenvalue weighted by Gasteiger charge is -2.31. The first-order valence-electron chi connectivity index (χ1n) is 9.89. The molecule has 2 aliphatic carbocycles. The highest BCUT2D eigenvalue weighted by Gasteiger charge is 2.31. The molecule has 26 heavy (non-hydrogen) atoms. The first kappa shape index (κ1) is 20.3. The Hall–Kier alpha value is -0.460. The third kappa shape index (κ3) is 6.31. The number of ether oxygens (including phenoxy) is 1. The maximum Gasteiger partial charge on any atom is 0.573 e. The summed E-state index contributed by atoms with van der Waals surface area (Å²) in [6.45, 7) is 0. The minimum Gasteiger partial charge on any atom is -0.406 e. The van der Waals surface area contributed by atoms with Gasteiger partial charge >= 0.3 is 6.36 Å². The molecule has 0 radical (unpaired) electrons. The van der Waals surface area contributed by atoms with E-state index in [-0.39, 0.29) is 5.75 Å². The normalized spacial score (nSPS) is 30.2. The Labute approximate surface area is 168 Å². The van der Waals surface area contributed by atoms with Gasteiger partial charge in [-0.25, -0.2) is 0 Å². The van der Waals surface area contributed by atoms with Crippen LogP contribution in [0.3, 0.4) is 0 Å². The summed E-state index contributed by atoms with van der Waals surface area (Å²) >= 11 is 2.59. The predicted molar refractivity (Wildman–Crippen MR) is 107 cm³/mol. The van der Waals surface area contributed by atoms with Gasteiger partial charge in [-0.15, -0.1) is 13.2 Å². The number of rotatable bonds is 5. The molecule has 5 heteroatoms. The van der Waals surface area contributed by atoms with E-state index in [1.54, 1.807) is 12.1 Å². The van der Waals surface area contributed by atoms with Crippen LogP contribution in [-0.4, -0.2) is 10.3 Å². The van der Waals surface area contributed by atoms with Gasteiger partial charge in [0.15, 0.2) is 0 Å². The Bertz CT molecular complexity index is 541. The molecule has 1 nitrogen and oxygen atoms in total. The van der Waals surface area contributed by atoms with Crippen LogP contribution < -0.4 is 4.74 Å². The molecule has 0 aliphatic heterocycles. The summed E-state index contributed by atoms with van der Waals surface area (Å²) in [5.74, 6) is 2.15. The number of halogens is 4. The molecule has 0 N–H and O–H groups in total. The minimum absolute atomic E-state index is 0.129. The van der Waals surface area contributed by atoms with Gasteiger partial charge in [-0.05, 0) is 86.8 Å². The molecule has 2 saturated carbocycles. The number of hydrogen-bond acceptors (Lipinski definition) is 1. The van der Waals surface area contributed by atoms with Gasteiger partial charge in [0.05, 0.1) is 0 Å². The molecule has 1 aromatic carbocycles. The third-order valence-corrected chi connectivity index (χ3v) is 7.44. The van der Waals surface area contributed by atoms with Gasteiger partial charge in [-0.2, -0.15) is 0 Å². The fourth-order valence-corrected chi connectivity index (χ4v) is 5.33. The van der Waals surface area contributed by atoms with Gasteiger partial charge in [0.25, 0.3) is 0 Å². The van der Waals surface area contributed by atoms with E-state index in [0.717, 1.165) is 34.2 Å². The predicted octanol–water partition coefficient (Wildman–Crippen LogP) is 7.63. The SMILES string of the molecule is FC(F)(F)Oc1ccc(C2CCC(CCC3CCC(I)CC3)CC2)cc1. The van der Waals surface area contributed by atoms with Crippen LogP contribution in [0, 0.1) is 11.8 Å². The van der Waals surface area contributed by atoms with Crippen molar-refractivity contribution in [1.82, 2.24) is 0 Å². The van der Waals surface area contributed by atoms with Crippen LogP contribution in [0.15, 0.2) is 24.3 Å². The highest BCUT2D eigenvalue weighted by Crippen LogP contribution is 2.40. The van der Waals surface area contributed by atoms with Crippen LogP contribution in [0.2, 0.25) is 0 Å². The highest BCUT2D eigenvalue weighted by atomic mass is 127. The molecule has 0 heterocycles. The lowest BCUT2D eigenvalue weighted by atomic mass is 9.75. The van der Waals surface area contributed by atoms with Crippen molar-refractivity contribution >= 4 is 22.6 Å². The Morgan fingerprint density at radius 3 is 1.81 bits per heavy atom. The van der Waals surface area contributed by atoms with E-state index < -0.39 is 6.36 Å². The van der Waals surface area contributed by atoms with Crippen LogP contribution >= 0.6 is 22.6 Å². The molecule has 0 bridgehead atoms. The fraction of sp³-hybridized carbons (Fsp3) is 0.714. The van der Waals surface area contributed by atoms with Crippen molar-refractivity contribution in [3.05, 3.63) is 29.8 Å². The van der Waals surface area contributed by atoms with E-state index in [1.165, 1.54) is 63.5 Å². The van der Waals surface area contributed by atoms with Gasteiger partial charge in [0, 0.05) is 3.92 Å². The van der Waals surface area contributed by atoms with Gasteiger partial charge in [-0.3, -0.25) is 0 Å². The van der Waals surface area contributed by atoms with Crippen LogP contribution in [0.25, 0.3) is 0 Å². The molecule has 0 saturated heterocycles. The lowest BCUT2D eigenvalue weighted by molar-refractivity contribution is -0.274. The molecule has 0 amide bonds. The molecule has 3 rings (SSSR count). The van der Waals surface area contributed by atoms with Crippen LogP contribution in [-0.2, 0) is 0 Å². The monoisotopic (exact) mass is 480 g/mol. The number of hydrogen-bond donors (Lipinski definition) is 0. The van der Waals surface area contributed by atoms with Gasteiger partial charge < -0.3 is 4.74 Å². The number of alkyl halides is 4. The van der Waals surface area contributed by atoms with E-state index in [1.807, 2.05) is 0 Å². The zero-order valence-electron chi connectivity index (χ0n) is 15.1. The maximum atomic E-state index is 12.2. The van der Waals surface area contributed by atoms with Crippen LogP contribution in [0.4, 0.5) is 13.2 Å². The molecule has 2 aliphatic rings. The smallest absolute Gasteiger partial charge is 0.406 e. The van der Waals surface area contributed by atoms with Crippen molar-refractivity contribution in [1.29, 1.82) is 0 Å². The summed E-state index contributed by atoms with van der Waals surface area (Å²) in [6, 6.07) is 6.49. The van der Waals surface area contributed by atoms with Crippen LogP contribution in [0.1, 0.15) is 75.7 Å². The average Bonchev–Trinajstić information content (AvgIpc) is 2.61. The van der Waals surface area contributed by atoms with E-state index >= 15 is 0 Å². The standard InChI is InChI=1S/C21H28F3IO/c22-21(23,24)26-20-13-9-18(10-14-20)17-7-3-15(4-8-17)1-2-16-5-11-19(25)12-6-16/h9-10,13-17,19H,1-8,11-12H2. The summed E-state index contributed by atoms with van der Waals surface area (Å²) in [4.78, 5) is 0. The quantitative estimate of drug-likeness (QED) is 0.311. The van der Waals surface area contributed by atoms with E-state index in [2.05, 4.69) is 27.3 Å². The first-order valence-corrected chi connectivity index (χ1v) is 11.1. The van der Waals surface area contributed by atoms with Gasteiger partial charge in [0.2, 0.25) is 0 Å². The van der Waals surface area contributed by atoms with Gasteiger partial charge in [-0.1, -0.05) is 47.6 Å². The summed E-state index contributed by atoms with van der Waals surface area (Å²) in [7, 11) is 0. The second-order valence-corrected chi connectivity index (χ2v) is 9.79. The molecule has 0 spiro atoms. The highest BCUT2D eigenvalue weighted by molar-refractivity contribution is 14.1. The van der Waals surface area contributed by atoms with Crippen molar-refractivity contribution in [2.24, 2.45) is 11.8 Å². The van der Waals surface area contributed by atoms with Crippen LogP contribution in [0.5, 0.6) is 5.75 Å². The van der Waals surface area contributed by atoms with Crippen molar-refractivity contribution in [2.75, 3.05) is 0 Å². The molecule has 0 atom stereocenters. The van der Waals surface area contributed by atoms with Gasteiger partial charge in [0.1, 0.15) is 5.75 Å². The van der Waals surface area contributed by atoms with Crippen molar-refractivity contribution in [2.45, 2.75) is 80.4 Å². The Morgan fingerprint density at radius 1 is 0.808 bits per heavy atom. The van der Waals surface area contributed by atoms with Crippen molar-refractivity contribution < 1.29 is 17.9 Å². The topological polar surface area (TPSA) is 9.23 Å². The second-order valence-electron chi connectivity index (χ2n) is 8.03. The molecular formula is C21H28F3IO. The fourth-order valence-electron chi connectivity index (χ4n) is 4.61. The molecule has 0 unspecified atom stereocenters. The molecular weight excluding hydrogens is 452 g/mol. The zero-order chi connectivity index (χ0) is 18.6. The summed E-state index contributed by atoms with van der Waals surface area (Å²) in [5.41, 5.74) is 1.15. The minimum atomic E-state index is -4.62. The summed E-state index contributed by atoms with van der Waals surface area (Å²) in [6.07, 6.45) is 8.58. The van der Waals surface area contributed by atoms with E-state index in [9.17, 15) is 13.2 Å². The van der Waals surface area contributed by atoms with E-state index in [4.69, 9.17) is 0 Å². The molecule has 146 valence electrons. The largest absolute Gasteiger partial charge is 0.573 e. The second kappa shape index (κ2) is 9.16. The maximum absolute atomic E-state index is 12.2. The average molecular weight is 480 g/mol. The Morgan fingerprint density at radius 2 is 1.31 bits per heavy atom. The summed E-state index contributed by atoms with van der Waals surface area (Å²) < 4.78 is 41.6. The molecule has 1 aromatic rings. The molecule has 2 fully saturated rings. The Balaban J connectivity index is 1.40. The Kier molecular flexibility index (Phi) is 7.14.